The van der Waals surface area contributed by atoms with E-state index >= 15 is 0 Å². The first kappa shape index (κ1) is 20.6. The molecular formula is C19H19N3O6. The lowest BCUT2D eigenvalue weighted by molar-refractivity contribution is -0.384. The lowest BCUT2D eigenvalue weighted by Crippen LogP contribution is -2.32. The molecule has 146 valence electrons. The van der Waals surface area contributed by atoms with Crippen molar-refractivity contribution in [2.75, 3.05) is 18.5 Å². The maximum atomic E-state index is 11.9. The number of ether oxygens (including phenoxy) is 1. The summed E-state index contributed by atoms with van der Waals surface area (Å²) in [6, 6.07) is 10.6. The first-order chi connectivity index (χ1) is 13.2. The Kier molecular flexibility index (Phi) is 6.80. The van der Waals surface area contributed by atoms with Crippen LogP contribution in [0.4, 0.5) is 11.4 Å². The Hall–Kier alpha value is -3.75. The van der Waals surface area contributed by atoms with Crippen LogP contribution in [0.15, 0.2) is 42.5 Å². The summed E-state index contributed by atoms with van der Waals surface area (Å²) in [7, 11) is 0. The molecule has 2 rings (SSSR count). The summed E-state index contributed by atoms with van der Waals surface area (Å²) in [5.74, 6) is -1.99. The molecule has 2 aromatic rings. The highest BCUT2D eigenvalue weighted by atomic mass is 16.6. The first-order valence-electron chi connectivity index (χ1n) is 8.31. The molecule has 2 N–H and O–H groups in total. The third-order valence-corrected chi connectivity index (χ3v) is 3.58. The van der Waals surface area contributed by atoms with Gasteiger partial charge in [-0.25, -0.2) is 0 Å². The summed E-state index contributed by atoms with van der Waals surface area (Å²) in [6.45, 7) is 2.82. The minimum absolute atomic E-state index is 0.0366. The lowest BCUT2D eigenvalue weighted by Gasteiger charge is -2.09. The number of nitrogens with one attached hydrogen (secondary N) is 2. The quantitative estimate of drug-likeness (QED) is 0.427. The van der Waals surface area contributed by atoms with Gasteiger partial charge in [-0.3, -0.25) is 24.5 Å². The predicted octanol–water partition coefficient (Wildman–Crippen LogP) is 2.12. The van der Waals surface area contributed by atoms with Crippen molar-refractivity contribution < 1.29 is 24.0 Å². The third kappa shape index (κ3) is 6.20. The normalized spacial score (nSPS) is 10.1. The van der Waals surface area contributed by atoms with E-state index in [1.807, 2.05) is 19.9 Å². The maximum Gasteiger partial charge on any atom is 0.325 e. The number of esters is 1. The summed E-state index contributed by atoms with van der Waals surface area (Å²) in [4.78, 5) is 45.6. The van der Waals surface area contributed by atoms with Crippen molar-refractivity contribution in [3.63, 3.8) is 0 Å². The van der Waals surface area contributed by atoms with Crippen LogP contribution in [-0.2, 0) is 14.3 Å². The fourth-order valence-corrected chi connectivity index (χ4v) is 2.46. The molecule has 0 unspecified atom stereocenters. The number of amides is 2. The molecule has 2 amide bonds. The monoisotopic (exact) mass is 385 g/mol. The van der Waals surface area contributed by atoms with E-state index in [1.165, 1.54) is 18.2 Å². The maximum absolute atomic E-state index is 11.9. The van der Waals surface area contributed by atoms with Gasteiger partial charge in [-0.15, -0.1) is 0 Å². The molecule has 0 aliphatic rings. The molecular weight excluding hydrogens is 366 g/mol. The van der Waals surface area contributed by atoms with Crippen LogP contribution < -0.4 is 10.6 Å². The number of nitro benzene ring substituents is 1. The van der Waals surface area contributed by atoms with Crippen LogP contribution in [0.25, 0.3) is 0 Å². The molecule has 0 aliphatic heterocycles. The average molecular weight is 385 g/mol. The largest absolute Gasteiger partial charge is 0.454 e. The molecule has 0 fully saturated rings. The lowest BCUT2D eigenvalue weighted by atomic mass is 10.1. The van der Waals surface area contributed by atoms with Crippen molar-refractivity contribution >= 4 is 29.2 Å². The number of non-ortho nitro benzene ring substituents is 1. The number of aryl methyl sites for hydroxylation is 2. The summed E-state index contributed by atoms with van der Waals surface area (Å²) < 4.78 is 4.81. The molecule has 0 radical (unpaired) electrons. The summed E-state index contributed by atoms with van der Waals surface area (Å²) >= 11 is 0. The number of benzene rings is 2. The predicted molar refractivity (Wildman–Crippen MR) is 101 cm³/mol. The van der Waals surface area contributed by atoms with E-state index < -0.39 is 35.9 Å². The van der Waals surface area contributed by atoms with Crippen LogP contribution in [0.2, 0.25) is 0 Å². The molecule has 0 heterocycles. The summed E-state index contributed by atoms with van der Waals surface area (Å²) in [5.41, 5.74) is 2.36. The Morgan fingerprint density at radius 1 is 1.07 bits per heavy atom. The van der Waals surface area contributed by atoms with Crippen LogP contribution in [-0.4, -0.2) is 35.9 Å². The number of nitrogens with zero attached hydrogens (tertiary/aromatic N) is 1. The highest BCUT2D eigenvalue weighted by Gasteiger charge is 2.14. The van der Waals surface area contributed by atoms with Gasteiger partial charge in [-0.05, 0) is 43.2 Å². The van der Waals surface area contributed by atoms with Gasteiger partial charge in [0.2, 0.25) is 0 Å². The van der Waals surface area contributed by atoms with Gasteiger partial charge in [-0.2, -0.15) is 0 Å². The molecule has 28 heavy (non-hydrogen) atoms. The Balaban J connectivity index is 1.79. The van der Waals surface area contributed by atoms with Crippen LogP contribution in [0.5, 0.6) is 0 Å². The SMILES string of the molecule is Cc1cc(C)cc(NC(=O)COC(=O)CNC(=O)c2cccc([N+](=O)[O-])c2)c1. The number of hydrogen-bond donors (Lipinski definition) is 2. The van der Waals surface area contributed by atoms with Crippen LogP contribution in [0, 0.1) is 24.0 Å². The van der Waals surface area contributed by atoms with E-state index in [-0.39, 0.29) is 11.3 Å². The molecule has 0 bridgehead atoms. The van der Waals surface area contributed by atoms with Crippen molar-refractivity contribution in [2.24, 2.45) is 0 Å². The number of anilines is 1. The van der Waals surface area contributed by atoms with E-state index in [9.17, 15) is 24.5 Å². The van der Waals surface area contributed by atoms with Gasteiger partial charge >= 0.3 is 5.97 Å². The second-order valence-electron chi connectivity index (χ2n) is 6.08. The average Bonchev–Trinajstić information content (AvgIpc) is 2.63. The zero-order valence-corrected chi connectivity index (χ0v) is 15.4. The van der Waals surface area contributed by atoms with Gasteiger partial charge in [0.1, 0.15) is 6.54 Å². The number of carbonyl (C=O) groups is 3. The first-order valence-corrected chi connectivity index (χ1v) is 8.31. The summed E-state index contributed by atoms with van der Waals surface area (Å²) in [5, 5.41) is 15.6. The molecule has 2 aromatic carbocycles. The number of carbonyl (C=O) groups excluding carboxylic acids is 3. The zero-order valence-electron chi connectivity index (χ0n) is 15.4. The molecule has 0 atom stereocenters. The second-order valence-corrected chi connectivity index (χ2v) is 6.08. The number of nitro groups is 1. The van der Waals surface area contributed by atoms with Gasteiger partial charge in [0.15, 0.2) is 6.61 Å². The Labute approximate surface area is 160 Å². The van der Waals surface area contributed by atoms with Crippen LogP contribution in [0.3, 0.4) is 0 Å². The van der Waals surface area contributed by atoms with E-state index in [0.717, 1.165) is 17.2 Å². The van der Waals surface area contributed by atoms with E-state index in [4.69, 9.17) is 4.74 Å². The van der Waals surface area contributed by atoms with Gasteiger partial charge in [-0.1, -0.05) is 12.1 Å². The van der Waals surface area contributed by atoms with Crippen molar-refractivity contribution in [3.8, 4) is 0 Å². The van der Waals surface area contributed by atoms with E-state index in [2.05, 4.69) is 10.6 Å². The van der Waals surface area contributed by atoms with Crippen molar-refractivity contribution in [1.29, 1.82) is 0 Å². The van der Waals surface area contributed by atoms with Crippen molar-refractivity contribution in [3.05, 3.63) is 69.3 Å². The molecule has 0 saturated carbocycles. The third-order valence-electron chi connectivity index (χ3n) is 3.58. The van der Waals surface area contributed by atoms with Gasteiger partial charge in [0, 0.05) is 23.4 Å². The topological polar surface area (TPSA) is 128 Å². The minimum Gasteiger partial charge on any atom is -0.454 e. The van der Waals surface area contributed by atoms with E-state index in [1.54, 1.807) is 12.1 Å². The Morgan fingerprint density at radius 3 is 2.39 bits per heavy atom. The molecule has 0 aliphatic carbocycles. The smallest absolute Gasteiger partial charge is 0.325 e. The molecule has 9 heteroatoms. The number of hydrogen-bond acceptors (Lipinski definition) is 6. The van der Waals surface area contributed by atoms with Gasteiger partial charge in [0.25, 0.3) is 17.5 Å². The minimum atomic E-state index is -0.811. The fourth-order valence-electron chi connectivity index (χ4n) is 2.46. The van der Waals surface area contributed by atoms with Crippen molar-refractivity contribution in [1.82, 2.24) is 5.32 Å². The van der Waals surface area contributed by atoms with Gasteiger partial charge < -0.3 is 15.4 Å². The standard InChI is InChI=1S/C19H19N3O6/c1-12-6-13(2)8-15(7-12)21-17(23)11-28-18(24)10-20-19(25)14-4-3-5-16(9-14)22(26)27/h3-9H,10-11H2,1-2H3,(H,20,25)(H,21,23). The fraction of sp³-hybridized carbons (Fsp3) is 0.211. The number of rotatable bonds is 7. The molecule has 0 saturated heterocycles. The highest BCUT2D eigenvalue weighted by molar-refractivity contribution is 5.97. The Morgan fingerprint density at radius 2 is 1.75 bits per heavy atom. The molecule has 0 aromatic heterocycles. The van der Waals surface area contributed by atoms with Crippen LogP contribution >= 0.6 is 0 Å². The van der Waals surface area contributed by atoms with E-state index in [0.29, 0.717) is 5.69 Å². The molecule has 9 nitrogen and oxygen atoms in total. The van der Waals surface area contributed by atoms with Crippen LogP contribution in [0.1, 0.15) is 21.5 Å². The highest BCUT2D eigenvalue weighted by Crippen LogP contribution is 2.14. The van der Waals surface area contributed by atoms with Crippen molar-refractivity contribution in [2.45, 2.75) is 13.8 Å². The molecule has 0 spiro atoms. The summed E-state index contributed by atoms with van der Waals surface area (Å²) in [6.07, 6.45) is 0. The van der Waals surface area contributed by atoms with Gasteiger partial charge in [0.05, 0.1) is 4.92 Å². The zero-order chi connectivity index (χ0) is 20.7. The Bertz CT molecular complexity index is 905. The second kappa shape index (κ2) is 9.26.